The molecule has 6 aliphatic heterocycles. The van der Waals surface area contributed by atoms with Gasteiger partial charge in [0.15, 0.2) is 11.6 Å². The number of Topliss-reactive ketones (excluding diaryl/α,β-unsaturated/α-hetero) is 2. The molecular weight excluding hydrogens is 2070 g/mol. The van der Waals surface area contributed by atoms with Gasteiger partial charge in [-0.1, -0.05) is 86.5 Å². The van der Waals surface area contributed by atoms with Gasteiger partial charge in [0.2, 0.25) is 0 Å². The molecule has 12 heterocycles. The maximum atomic E-state index is 11.9. The highest BCUT2D eigenvalue weighted by atomic mass is 79.9. The van der Waals surface area contributed by atoms with E-state index in [4.69, 9.17) is 83.1 Å². The molecule has 5 N–H and O–H groups in total. The summed E-state index contributed by atoms with van der Waals surface area (Å²) in [6, 6.07) is 44.3. The lowest BCUT2D eigenvalue weighted by Gasteiger charge is -2.32. The molecule has 0 spiro atoms. The maximum absolute atomic E-state index is 11.9. The summed E-state index contributed by atoms with van der Waals surface area (Å²) in [5.41, 5.74) is 8.07. The first-order valence-corrected chi connectivity index (χ1v) is 48.5. The fraction of sp³-hybridized carbons (Fsp3) is 0.480. The summed E-state index contributed by atoms with van der Waals surface area (Å²) in [6.45, 7) is 42.8. The number of aromatic nitrogens is 6. The van der Waals surface area contributed by atoms with E-state index < -0.39 is 20.2 Å². The predicted octanol–water partition coefficient (Wildman–Crippen LogP) is 15.7. The summed E-state index contributed by atoms with van der Waals surface area (Å²) in [5.74, 6) is -0.765. The van der Waals surface area contributed by atoms with Crippen LogP contribution in [0, 0.1) is 0 Å². The van der Waals surface area contributed by atoms with Crippen molar-refractivity contribution in [2.75, 3.05) is 87.2 Å². The number of pyridine rings is 6. The van der Waals surface area contributed by atoms with Crippen molar-refractivity contribution < 1.29 is 102 Å². The van der Waals surface area contributed by atoms with E-state index in [9.17, 15) is 18.8 Å². The molecule has 0 radical (unpaired) electrons. The van der Waals surface area contributed by atoms with Gasteiger partial charge in [0, 0.05) is 167 Å². The van der Waals surface area contributed by atoms with Gasteiger partial charge in [-0.05, 0) is 268 Å². The van der Waals surface area contributed by atoms with Crippen LogP contribution in [0.5, 0.6) is 0 Å². The van der Waals surface area contributed by atoms with E-state index in [1.807, 2.05) is 162 Å². The number of carboxylic acids is 1. The van der Waals surface area contributed by atoms with E-state index in [1.54, 1.807) is 99.7 Å². The number of aliphatic hydroxyl groups excluding tert-OH is 4. The molecule has 0 atom stereocenters. The molecule has 0 bridgehead atoms. The highest BCUT2D eigenvalue weighted by molar-refractivity contribution is 9.11. The summed E-state index contributed by atoms with van der Waals surface area (Å²) in [5, 5.41) is 43.3. The van der Waals surface area contributed by atoms with E-state index in [0.717, 1.165) is 133 Å². The number of carboxylic acid groups (broad SMARTS) is 1. The molecule has 6 saturated heterocycles. The van der Waals surface area contributed by atoms with Gasteiger partial charge in [-0.25, -0.2) is 4.79 Å². The number of aromatic carboxylic acids is 1. The highest BCUT2D eigenvalue weighted by Crippen LogP contribution is 2.40. The molecule has 136 heavy (non-hydrogen) atoms. The Morgan fingerprint density at radius 2 is 0.596 bits per heavy atom. The number of halogens is 6. The van der Waals surface area contributed by atoms with Crippen LogP contribution in [0.3, 0.4) is 0 Å². The summed E-state index contributed by atoms with van der Waals surface area (Å²) in [4.78, 5) is 63.6. The Hall–Kier alpha value is -6.76. The first kappa shape index (κ1) is 116. The van der Waals surface area contributed by atoms with E-state index in [1.165, 1.54) is 0 Å². The van der Waals surface area contributed by atoms with Gasteiger partial charge in [0.05, 0.1) is 146 Å². The third-order valence-electron chi connectivity index (χ3n) is 23.5. The molecule has 0 unspecified atom stereocenters. The van der Waals surface area contributed by atoms with Gasteiger partial charge >= 0.3 is 34.4 Å². The second kappa shape index (κ2) is 57.4. The zero-order valence-corrected chi connectivity index (χ0v) is 89.1. The fourth-order valence-electron chi connectivity index (χ4n) is 12.5. The lowest BCUT2D eigenvalue weighted by molar-refractivity contribution is 0.00578. The number of hydrogen-bond donors (Lipinski definition) is 5. The van der Waals surface area contributed by atoms with Crippen molar-refractivity contribution in [3.63, 3.8) is 0 Å². The monoisotopic (exact) mass is 2200 g/mol. The van der Waals surface area contributed by atoms with E-state index in [-0.39, 0.29) is 104 Å². The topological polar surface area (TPSA) is 347 Å². The van der Waals surface area contributed by atoms with Crippen molar-refractivity contribution in [1.82, 2.24) is 39.7 Å². The van der Waals surface area contributed by atoms with Gasteiger partial charge in [-0.3, -0.25) is 53.7 Å². The molecule has 15 rings (SSSR count). The second-order valence-electron chi connectivity index (χ2n) is 35.9. The van der Waals surface area contributed by atoms with Crippen molar-refractivity contribution >= 4 is 148 Å². The average Bonchev–Trinajstić information content (AvgIpc) is 1.64. The molecule has 28 nitrogen and oxygen atoms in total. The maximum Gasteiger partial charge on any atom is 0.496 e. The van der Waals surface area contributed by atoms with Crippen LogP contribution in [0.4, 0.5) is 4.39 Å². The predicted molar refractivity (Wildman–Crippen MR) is 547 cm³/mol. The van der Waals surface area contributed by atoms with Gasteiger partial charge in [0.1, 0.15) is 0 Å². The van der Waals surface area contributed by atoms with E-state index in [0.29, 0.717) is 67.0 Å². The zero-order chi connectivity index (χ0) is 101. The Morgan fingerprint density at radius 1 is 0.360 bits per heavy atom. The SMILES string of the molecule is Brc1ccc(CN2CCOCC2)nc1.CC1(C)OB(c2ccc(C(=O)CCCO)cc2)OC1(C)C.CC1(C)OB(c2ccc(CN3CCOCC3)nc2)OC1(C)C.CC1(C)OB(c2ccc(CO)nc2)OC1(C)C.COCc1ccc(B2OC(C)(C)C(C)(C)O2)cn1.COCc1ccc(Br)cn1.O=C(CCCO)c1ccc(Br)cc1.O=C(O)c1ccc(Br)cc1.OCc1ccc(Br)cn1.[2H]CF. The van der Waals surface area contributed by atoms with Crippen LogP contribution in [0.2, 0.25) is 0 Å². The van der Waals surface area contributed by atoms with Crippen LogP contribution in [0.15, 0.2) is 205 Å². The number of carbonyl (C=O) groups is 3. The van der Waals surface area contributed by atoms with E-state index in [2.05, 4.69) is 165 Å². The van der Waals surface area contributed by atoms with Gasteiger partial charge in [0.25, 0.3) is 0 Å². The van der Waals surface area contributed by atoms with Gasteiger partial charge in [-0.2, -0.15) is 0 Å². The van der Waals surface area contributed by atoms with Crippen molar-refractivity contribution in [1.29, 1.82) is 0 Å². The van der Waals surface area contributed by atoms with Crippen LogP contribution < -0.4 is 21.9 Å². The lowest BCUT2D eigenvalue weighted by atomic mass is 9.78. The fourth-order valence-corrected chi connectivity index (χ4v) is 13.7. The van der Waals surface area contributed by atoms with Gasteiger partial charge in [-0.15, -0.1) is 0 Å². The van der Waals surface area contributed by atoms with Crippen molar-refractivity contribution in [3.05, 3.63) is 256 Å². The molecule has 6 aliphatic rings. The Labute approximate surface area is 846 Å². The number of carbonyl (C=O) groups excluding carboxylic acids is 2. The molecule has 6 aromatic heterocycles. The molecule has 0 amide bonds. The minimum atomic E-state index is -1.00. The zero-order valence-electron chi connectivity index (χ0n) is 82.2. The molecule has 6 fully saturated rings. The first-order valence-electron chi connectivity index (χ1n) is 45.3. The van der Waals surface area contributed by atoms with Crippen LogP contribution in [0.25, 0.3) is 0 Å². The molecule has 0 aliphatic carbocycles. The number of hydrogen-bond acceptors (Lipinski definition) is 27. The number of aliphatic hydroxyl groups is 4. The van der Waals surface area contributed by atoms with Crippen molar-refractivity contribution in [2.24, 2.45) is 0 Å². The van der Waals surface area contributed by atoms with E-state index >= 15 is 0 Å². The minimum Gasteiger partial charge on any atom is -0.478 e. The molecule has 3 aromatic carbocycles. The highest BCUT2D eigenvalue weighted by Gasteiger charge is 2.55. The number of ether oxygens (including phenoxy) is 4. The number of alkyl halides is 1. The smallest absolute Gasteiger partial charge is 0.478 e. The van der Waals surface area contributed by atoms with Crippen molar-refractivity contribution in [2.45, 2.75) is 221 Å². The number of ketones is 2. The Balaban J connectivity index is 0.000000239. The van der Waals surface area contributed by atoms with Crippen LogP contribution in [-0.2, 0) is 95.7 Å². The Morgan fingerprint density at radius 3 is 0.853 bits per heavy atom. The second-order valence-corrected chi connectivity index (χ2v) is 40.5. The van der Waals surface area contributed by atoms with Crippen molar-refractivity contribution in [3.8, 4) is 0 Å². The normalized spacial score (nSPS) is 17.6. The standard InChI is InChI=1S/C16H25BN2O3.C16H23BO4.C13H20BNO3.C12H18BNO3.C10H13BrN2O.C10H11BrO2.C7H8BrNO.C7H5BrO2.C6H6BrNO.CH3F/c1-15(2)16(3,4)22-17(21-15)13-5-6-14(18-11-13)12-19-7-9-20-10-8-19;1-15(2)16(3,4)21-17(20-15)13-9-7-12(8-10-13)14(19)6-5-11-18;1-12(2)13(3,4)18-14(17-12)10-6-7-11(9-16-5)15-8-10;1-11(2)12(3,4)17-13(16-11)9-5-6-10(8-15)14-7-9;11-9-1-2-10(12-7-9)8-13-3-5-14-6-4-13;11-9-5-3-8(4-6-9)10(13)2-1-7-12;1-10-5-7-3-2-6(8)4-9-7;8-6-3-1-5(2-4-6)7(9)10;7-5-1-2-6(4-9)8-3-5;1-2/h5-6,11H,7-10,12H2,1-4H3;7-10,18H,5-6,11H2,1-4H3;6-8H,9H2,1-5H3;5-7,15H,8H2,1-4H3;1-2,7H,3-6,8H2;3-6,12H,1-2,7H2;2-4H,5H2,1H3;1-4H,(H,9,10);1-3,9H,4H2;1H3/i;;;;;;;;;1D. The number of nitrogens with zero attached hydrogens (tertiary/aromatic N) is 8. The first-order chi connectivity index (χ1) is 64.7. The largest absolute Gasteiger partial charge is 0.496 e. The Kier molecular flexibility index (Phi) is 49.0. The number of benzene rings is 3. The summed E-state index contributed by atoms with van der Waals surface area (Å²) in [6.07, 6.45) is 12.4. The van der Waals surface area contributed by atoms with Crippen LogP contribution in [-0.4, -0.2) is 243 Å². The summed E-state index contributed by atoms with van der Waals surface area (Å²) >= 11 is 16.4. The molecule has 738 valence electrons. The third kappa shape index (κ3) is 38.6. The van der Waals surface area contributed by atoms with Crippen LogP contribution >= 0.6 is 79.6 Å². The quantitative estimate of drug-likeness (QED) is 0.0293. The minimum absolute atomic E-state index is 0.00722. The van der Waals surface area contributed by atoms with Gasteiger partial charge < -0.3 is 81.7 Å². The number of rotatable bonds is 23. The Bertz CT molecular complexity index is 4960. The average molecular weight is 2200 g/mol. The molecular formula is C98H132B4Br5FN8O20. The number of morpholine rings is 2. The molecule has 0 saturated carbocycles. The van der Waals surface area contributed by atoms with Crippen LogP contribution in [0.1, 0.15) is 203 Å². The lowest BCUT2D eigenvalue weighted by Crippen LogP contribution is -2.41. The molecule has 38 heteroatoms. The third-order valence-corrected chi connectivity index (χ3v) is 26.0. The number of methoxy groups -OCH3 is 2. The molecule has 9 aromatic rings. The summed E-state index contributed by atoms with van der Waals surface area (Å²) in [7, 11) is 0.832. The summed E-state index contributed by atoms with van der Waals surface area (Å²) < 4.78 is 88.6.